The molecule has 2 rings (SSSR count). The molecule has 22 heavy (non-hydrogen) atoms. The number of halogens is 2. The zero-order valence-electron chi connectivity index (χ0n) is 12.9. The number of rotatable bonds is 4. The predicted molar refractivity (Wildman–Crippen MR) is 82.9 cm³/mol. The van der Waals surface area contributed by atoms with Crippen LogP contribution in [0.25, 0.3) is 0 Å². The summed E-state index contributed by atoms with van der Waals surface area (Å²) in [6.45, 7) is 5.63. The Balaban J connectivity index is 2.55. The smallest absolute Gasteiger partial charge is 0.251 e. The first-order valence-electron chi connectivity index (χ1n) is 7.22. The lowest BCUT2D eigenvalue weighted by Gasteiger charge is -2.18. The molecule has 1 unspecified atom stereocenters. The van der Waals surface area contributed by atoms with Gasteiger partial charge in [0.15, 0.2) is 0 Å². The molecule has 0 aliphatic carbocycles. The largest absolute Gasteiger partial charge is 0.366 e. The van der Waals surface area contributed by atoms with Crippen molar-refractivity contribution in [2.24, 2.45) is 5.73 Å². The maximum atomic E-state index is 14.1. The normalized spacial score (nSPS) is 12.2. The van der Waals surface area contributed by atoms with Gasteiger partial charge in [-0.05, 0) is 59.9 Å². The minimum absolute atomic E-state index is 0.108. The van der Waals surface area contributed by atoms with Gasteiger partial charge in [-0.1, -0.05) is 19.9 Å². The van der Waals surface area contributed by atoms with Crippen molar-refractivity contribution in [1.82, 2.24) is 0 Å². The molecule has 0 aromatic heterocycles. The molecule has 0 aliphatic rings. The average molecular weight is 303 g/mol. The van der Waals surface area contributed by atoms with Gasteiger partial charge < -0.3 is 5.73 Å². The van der Waals surface area contributed by atoms with Gasteiger partial charge in [0.1, 0.15) is 11.6 Å². The third-order valence-corrected chi connectivity index (χ3v) is 3.91. The van der Waals surface area contributed by atoms with E-state index in [-0.39, 0.29) is 17.3 Å². The fourth-order valence-corrected chi connectivity index (χ4v) is 2.73. The molecule has 2 aromatic carbocycles. The second-order valence-corrected chi connectivity index (χ2v) is 5.53. The van der Waals surface area contributed by atoms with Gasteiger partial charge in [0.25, 0.3) is 5.91 Å². The van der Waals surface area contributed by atoms with Crippen molar-refractivity contribution in [1.29, 1.82) is 0 Å². The second kappa shape index (κ2) is 6.26. The Hall–Kier alpha value is -2.23. The Kier molecular flexibility index (Phi) is 4.59. The van der Waals surface area contributed by atoms with Crippen LogP contribution in [0.1, 0.15) is 52.4 Å². The van der Waals surface area contributed by atoms with E-state index in [2.05, 4.69) is 0 Å². The molecule has 0 aliphatic heterocycles. The minimum atomic E-state index is -0.784. The van der Waals surface area contributed by atoms with Crippen LogP contribution in [-0.2, 0) is 6.42 Å². The van der Waals surface area contributed by atoms with Crippen molar-refractivity contribution in [3.63, 3.8) is 0 Å². The van der Waals surface area contributed by atoms with E-state index in [0.29, 0.717) is 6.42 Å². The van der Waals surface area contributed by atoms with Crippen molar-refractivity contribution < 1.29 is 13.6 Å². The number of primary amides is 1. The Morgan fingerprint density at radius 1 is 1.18 bits per heavy atom. The van der Waals surface area contributed by atoms with Crippen molar-refractivity contribution in [2.45, 2.75) is 33.1 Å². The molecule has 1 atom stereocenters. The Morgan fingerprint density at radius 2 is 1.86 bits per heavy atom. The summed E-state index contributed by atoms with van der Waals surface area (Å²) in [4.78, 5) is 11.3. The summed E-state index contributed by atoms with van der Waals surface area (Å²) in [5.74, 6) is -1.91. The lowest BCUT2D eigenvalue weighted by Crippen LogP contribution is -2.15. The van der Waals surface area contributed by atoms with Crippen LogP contribution in [0.3, 0.4) is 0 Å². The van der Waals surface area contributed by atoms with Crippen LogP contribution in [0.15, 0.2) is 30.3 Å². The van der Waals surface area contributed by atoms with Crippen LogP contribution in [0, 0.1) is 18.6 Å². The molecule has 1 amide bonds. The first-order valence-corrected chi connectivity index (χ1v) is 7.22. The van der Waals surface area contributed by atoms with Gasteiger partial charge in [-0.15, -0.1) is 0 Å². The highest BCUT2D eigenvalue weighted by atomic mass is 19.1. The number of hydrogen-bond donors (Lipinski definition) is 1. The molecule has 2 N–H and O–H groups in total. The van der Waals surface area contributed by atoms with Crippen LogP contribution in [0.5, 0.6) is 0 Å². The molecule has 116 valence electrons. The lowest BCUT2D eigenvalue weighted by molar-refractivity contribution is 0.0996. The van der Waals surface area contributed by atoms with Crippen LogP contribution in [0.4, 0.5) is 8.78 Å². The molecule has 0 fully saturated rings. The van der Waals surface area contributed by atoms with Gasteiger partial charge in [-0.3, -0.25) is 4.79 Å². The van der Waals surface area contributed by atoms with E-state index in [1.165, 1.54) is 24.3 Å². The van der Waals surface area contributed by atoms with E-state index >= 15 is 0 Å². The Bertz CT molecular complexity index is 705. The first-order chi connectivity index (χ1) is 10.3. The van der Waals surface area contributed by atoms with Crippen LogP contribution in [0.2, 0.25) is 0 Å². The summed E-state index contributed by atoms with van der Waals surface area (Å²) < 4.78 is 27.7. The summed E-state index contributed by atoms with van der Waals surface area (Å²) >= 11 is 0. The van der Waals surface area contributed by atoms with Gasteiger partial charge in [0.05, 0.1) is 5.56 Å². The van der Waals surface area contributed by atoms with Gasteiger partial charge in [-0.2, -0.15) is 0 Å². The highest BCUT2D eigenvalue weighted by molar-refractivity contribution is 5.93. The quantitative estimate of drug-likeness (QED) is 0.908. The van der Waals surface area contributed by atoms with Gasteiger partial charge in [0.2, 0.25) is 0 Å². The van der Waals surface area contributed by atoms with Crippen LogP contribution >= 0.6 is 0 Å². The Morgan fingerprint density at radius 3 is 2.41 bits per heavy atom. The predicted octanol–water partition coefficient (Wildman–Crippen LogP) is 4.09. The first kappa shape index (κ1) is 16.1. The summed E-state index contributed by atoms with van der Waals surface area (Å²) in [7, 11) is 0. The molecule has 0 heterocycles. The second-order valence-electron chi connectivity index (χ2n) is 5.53. The van der Waals surface area contributed by atoms with Crippen molar-refractivity contribution in [2.75, 3.05) is 0 Å². The number of hydrogen-bond acceptors (Lipinski definition) is 1. The summed E-state index contributed by atoms with van der Waals surface area (Å²) in [5, 5.41) is 0. The van der Waals surface area contributed by atoms with Crippen LogP contribution < -0.4 is 5.73 Å². The average Bonchev–Trinajstić information content (AvgIpc) is 2.44. The van der Waals surface area contributed by atoms with Gasteiger partial charge >= 0.3 is 0 Å². The van der Waals surface area contributed by atoms with Crippen molar-refractivity contribution >= 4 is 5.91 Å². The highest BCUT2D eigenvalue weighted by Gasteiger charge is 2.18. The van der Waals surface area contributed by atoms with Crippen molar-refractivity contribution in [3.8, 4) is 0 Å². The van der Waals surface area contributed by atoms with E-state index in [1.807, 2.05) is 26.8 Å². The summed E-state index contributed by atoms with van der Waals surface area (Å²) in [5.41, 5.74) is 8.25. The Labute approximate surface area is 129 Å². The summed E-state index contributed by atoms with van der Waals surface area (Å²) in [6, 6.07) is 7.62. The fraction of sp³-hybridized carbons (Fsp3) is 0.278. The molecule has 0 radical (unpaired) electrons. The zero-order valence-corrected chi connectivity index (χ0v) is 12.9. The third kappa shape index (κ3) is 3.16. The lowest BCUT2D eigenvalue weighted by atomic mass is 9.87. The fourth-order valence-electron chi connectivity index (χ4n) is 2.73. The number of nitrogens with two attached hydrogens (primary N) is 1. The van der Waals surface area contributed by atoms with E-state index in [4.69, 9.17) is 5.73 Å². The third-order valence-electron chi connectivity index (χ3n) is 3.91. The maximum absolute atomic E-state index is 14.1. The molecule has 2 aromatic rings. The molecule has 4 heteroatoms. The van der Waals surface area contributed by atoms with Crippen molar-refractivity contribution in [3.05, 3.63) is 69.8 Å². The van der Waals surface area contributed by atoms with Gasteiger partial charge in [0, 0.05) is 5.92 Å². The van der Waals surface area contributed by atoms with E-state index in [1.54, 1.807) is 0 Å². The topological polar surface area (TPSA) is 43.1 Å². The SMILES string of the molecule is CCc1cc(C(N)=O)c(F)cc1C(C)c1cc(C)cc(F)c1. The maximum Gasteiger partial charge on any atom is 0.251 e. The molecule has 0 saturated carbocycles. The highest BCUT2D eigenvalue weighted by Crippen LogP contribution is 2.30. The number of benzene rings is 2. The molecular weight excluding hydrogens is 284 g/mol. The molecule has 0 bridgehead atoms. The molecular formula is C18H19F2NO. The molecule has 0 spiro atoms. The number of carbonyl (C=O) groups is 1. The zero-order chi connectivity index (χ0) is 16.4. The van der Waals surface area contributed by atoms with Gasteiger partial charge in [-0.25, -0.2) is 8.78 Å². The molecule has 0 saturated heterocycles. The van der Waals surface area contributed by atoms with Crippen LogP contribution in [-0.4, -0.2) is 5.91 Å². The minimum Gasteiger partial charge on any atom is -0.366 e. The van der Waals surface area contributed by atoms with E-state index in [0.717, 1.165) is 22.3 Å². The summed E-state index contributed by atoms with van der Waals surface area (Å²) in [6.07, 6.45) is 0.633. The standard InChI is InChI=1S/C18H19F2NO/c1-4-12-8-16(18(21)22)17(20)9-15(12)11(3)13-5-10(2)6-14(19)7-13/h5-9,11H,4H2,1-3H3,(H2,21,22). The van der Waals surface area contributed by atoms with E-state index < -0.39 is 11.7 Å². The number of amides is 1. The number of aryl methyl sites for hydroxylation is 2. The van der Waals surface area contributed by atoms with E-state index in [9.17, 15) is 13.6 Å². The molecule has 2 nitrogen and oxygen atoms in total. The monoisotopic (exact) mass is 303 g/mol. The number of carbonyl (C=O) groups excluding carboxylic acids is 1.